The van der Waals surface area contributed by atoms with Crippen LogP contribution >= 0.6 is 0 Å². The quantitative estimate of drug-likeness (QED) is 0.813. The highest BCUT2D eigenvalue weighted by Crippen LogP contribution is 2.27. The summed E-state index contributed by atoms with van der Waals surface area (Å²) in [6.07, 6.45) is 4.48. The topological polar surface area (TPSA) is 52.6 Å². The van der Waals surface area contributed by atoms with Crippen LogP contribution in [0.4, 0.5) is 9.18 Å². The Hall–Kier alpha value is -1.62. The number of carbonyl (C=O) groups excluding carboxylic acids is 1. The van der Waals surface area contributed by atoms with Crippen LogP contribution in [-0.4, -0.2) is 34.7 Å². The van der Waals surface area contributed by atoms with Gasteiger partial charge in [0.15, 0.2) is 0 Å². The lowest BCUT2D eigenvalue weighted by atomic mass is 9.91. The van der Waals surface area contributed by atoms with Crippen molar-refractivity contribution in [3.8, 4) is 0 Å². The number of halogens is 1. The van der Waals surface area contributed by atoms with Crippen LogP contribution in [0.5, 0.6) is 0 Å². The molecule has 1 aromatic rings. The van der Waals surface area contributed by atoms with Crippen molar-refractivity contribution >= 4 is 6.03 Å². The molecule has 0 aromatic heterocycles. The van der Waals surface area contributed by atoms with E-state index in [1.807, 2.05) is 6.92 Å². The summed E-state index contributed by atoms with van der Waals surface area (Å²) in [5.41, 5.74) is 0.549. The van der Waals surface area contributed by atoms with Crippen LogP contribution in [0.3, 0.4) is 0 Å². The highest BCUT2D eigenvalue weighted by Gasteiger charge is 2.29. The highest BCUT2D eigenvalue weighted by atomic mass is 19.1. The molecule has 1 saturated carbocycles. The zero-order chi connectivity index (χ0) is 15.9. The van der Waals surface area contributed by atoms with Crippen molar-refractivity contribution in [2.75, 3.05) is 6.61 Å². The number of nitrogens with one attached hydrogen (secondary N) is 1. The van der Waals surface area contributed by atoms with E-state index in [4.69, 9.17) is 5.11 Å². The molecule has 0 saturated heterocycles. The number of carbonyl (C=O) groups is 1. The van der Waals surface area contributed by atoms with Gasteiger partial charge in [0.05, 0.1) is 6.54 Å². The molecule has 2 rings (SSSR count). The third-order valence-corrected chi connectivity index (χ3v) is 4.24. The Bertz CT molecular complexity index is 491. The third kappa shape index (κ3) is 4.44. The van der Waals surface area contributed by atoms with Gasteiger partial charge in [-0.2, -0.15) is 0 Å². The van der Waals surface area contributed by atoms with Gasteiger partial charge in [-0.3, -0.25) is 0 Å². The van der Waals surface area contributed by atoms with Crippen molar-refractivity contribution in [3.05, 3.63) is 35.6 Å². The summed E-state index contributed by atoms with van der Waals surface area (Å²) in [6, 6.07) is 6.66. The number of nitrogens with zero attached hydrogens (tertiary/aromatic N) is 1. The van der Waals surface area contributed by atoms with Gasteiger partial charge in [0, 0.05) is 24.3 Å². The standard InChI is InChI=1S/C17H25FN2O2/c1-13(6-5-11-21)19-17(22)20(15-8-4-9-15)12-14-7-2-3-10-16(14)18/h2-3,7,10,13,15,21H,4-6,8-9,11-12H2,1H3,(H,19,22). The van der Waals surface area contributed by atoms with E-state index in [1.54, 1.807) is 23.1 Å². The summed E-state index contributed by atoms with van der Waals surface area (Å²) in [4.78, 5) is 14.2. The molecule has 1 aliphatic carbocycles. The van der Waals surface area contributed by atoms with Crippen molar-refractivity contribution in [1.82, 2.24) is 10.2 Å². The first kappa shape index (κ1) is 16.7. The van der Waals surface area contributed by atoms with E-state index in [2.05, 4.69) is 5.32 Å². The number of urea groups is 1. The molecule has 0 aliphatic heterocycles. The van der Waals surface area contributed by atoms with E-state index >= 15 is 0 Å². The van der Waals surface area contributed by atoms with Gasteiger partial charge in [-0.05, 0) is 45.1 Å². The molecule has 22 heavy (non-hydrogen) atoms. The normalized spacial score (nSPS) is 16.0. The fourth-order valence-corrected chi connectivity index (χ4v) is 2.64. The van der Waals surface area contributed by atoms with E-state index in [9.17, 15) is 9.18 Å². The second-order valence-corrected chi connectivity index (χ2v) is 6.02. The van der Waals surface area contributed by atoms with Gasteiger partial charge in [0.1, 0.15) is 5.82 Å². The fourth-order valence-electron chi connectivity index (χ4n) is 2.64. The molecule has 2 amide bonds. The van der Waals surface area contributed by atoms with Crippen LogP contribution in [0.1, 0.15) is 44.6 Å². The molecule has 0 heterocycles. The van der Waals surface area contributed by atoms with Crippen molar-refractivity contribution < 1.29 is 14.3 Å². The molecule has 1 aromatic carbocycles. The number of amides is 2. The van der Waals surface area contributed by atoms with Gasteiger partial charge in [0.25, 0.3) is 0 Å². The van der Waals surface area contributed by atoms with Crippen LogP contribution in [0.15, 0.2) is 24.3 Å². The average Bonchev–Trinajstić information content (AvgIpc) is 2.44. The first-order valence-corrected chi connectivity index (χ1v) is 8.03. The highest BCUT2D eigenvalue weighted by molar-refractivity contribution is 5.75. The molecule has 0 bridgehead atoms. The minimum Gasteiger partial charge on any atom is -0.396 e. The largest absolute Gasteiger partial charge is 0.396 e. The maximum absolute atomic E-state index is 13.8. The molecule has 4 nitrogen and oxygen atoms in total. The fraction of sp³-hybridized carbons (Fsp3) is 0.588. The lowest BCUT2D eigenvalue weighted by molar-refractivity contribution is 0.129. The van der Waals surface area contributed by atoms with Crippen LogP contribution in [0, 0.1) is 5.82 Å². The smallest absolute Gasteiger partial charge is 0.318 e. The lowest BCUT2D eigenvalue weighted by Crippen LogP contribution is -2.50. The molecular weight excluding hydrogens is 283 g/mol. The molecular formula is C17H25FN2O2. The molecule has 0 spiro atoms. The van der Waals surface area contributed by atoms with Crippen molar-refractivity contribution in [1.29, 1.82) is 0 Å². The van der Waals surface area contributed by atoms with E-state index in [0.29, 0.717) is 18.5 Å². The number of hydrogen-bond acceptors (Lipinski definition) is 2. The monoisotopic (exact) mass is 308 g/mol. The summed E-state index contributed by atoms with van der Waals surface area (Å²) in [5, 5.41) is 11.8. The summed E-state index contributed by atoms with van der Waals surface area (Å²) < 4.78 is 13.8. The number of aliphatic hydroxyl groups is 1. The number of rotatable bonds is 7. The summed E-state index contributed by atoms with van der Waals surface area (Å²) in [6.45, 7) is 2.35. The molecule has 122 valence electrons. The van der Waals surface area contributed by atoms with Crippen molar-refractivity contribution in [2.24, 2.45) is 0 Å². The Labute approximate surface area is 131 Å². The van der Waals surface area contributed by atoms with E-state index in [1.165, 1.54) is 6.07 Å². The Morgan fingerprint density at radius 3 is 2.77 bits per heavy atom. The molecule has 1 aliphatic rings. The lowest BCUT2D eigenvalue weighted by Gasteiger charge is -2.38. The minimum atomic E-state index is -0.270. The van der Waals surface area contributed by atoms with Crippen LogP contribution in [0.2, 0.25) is 0 Å². The average molecular weight is 308 g/mol. The number of benzene rings is 1. The summed E-state index contributed by atoms with van der Waals surface area (Å²) in [5.74, 6) is -0.270. The Kier molecular flexibility index (Phi) is 6.19. The predicted octanol–water partition coefficient (Wildman–Crippen LogP) is 3.05. The second kappa shape index (κ2) is 8.13. The van der Waals surface area contributed by atoms with Gasteiger partial charge in [-0.1, -0.05) is 18.2 Å². The second-order valence-electron chi connectivity index (χ2n) is 6.02. The van der Waals surface area contributed by atoms with Crippen LogP contribution < -0.4 is 5.32 Å². The molecule has 1 unspecified atom stereocenters. The van der Waals surface area contributed by atoms with E-state index in [-0.39, 0.29) is 30.5 Å². The maximum atomic E-state index is 13.8. The van der Waals surface area contributed by atoms with E-state index in [0.717, 1.165) is 25.7 Å². The Balaban J connectivity index is 2.00. The molecule has 5 heteroatoms. The zero-order valence-electron chi connectivity index (χ0n) is 13.1. The SMILES string of the molecule is CC(CCCO)NC(=O)N(Cc1ccccc1F)C1CCC1. The van der Waals surface area contributed by atoms with Gasteiger partial charge in [-0.15, -0.1) is 0 Å². The molecule has 2 N–H and O–H groups in total. The van der Waals surface area contributed by atoms with Gasteiger partial charge in [0.2, 0.25) is 0 Å². The maximum Gasteiger partial charge on any atom is 0.318 e. The molecule has 1 fully saturated rings. The Morgan fingerprint density at radius 1 is 1.45 bits per heavy atom. The minimum absolute atomic E-state index is 0.00264. The third-order valence-electron chi connectivity index (χ3n) is 4.24. The van der Waals surface area contributed by atoms with E-state index < -0.39 is 0 Å². The molecule has 1 atom stereocenters. The van der Waals surface area contributed by atoms with Gasteiger partial charge >= 0.3 is 6.03 Å². The summed E-state index contributed by atoms with van der Waals surface area (Å²) >= 11 is 0. The van der Waals surface area contributed by atoms with Crippen molar-refractivity contribution in [2.45, 2.75) is 57.7 Å². The number of hydrogen-bond donors (Lipinski definition) is 2. The zero-order valence-corrected chi connectivity index (χ0v) is 13.1. The van der Waals surface area contributed by atoms with Gasteiger partial charge in [-0.25, -0.2) is 9.18 Å². The predicted molar refractivity (Wildman–Crippen MR) is 83.9 cm³/mol. The number of aliphatic hydroxyl groups excluding tert-OH is 1. The summed E-state index contributed by atoms with van der Waals surface area (Å²) in [7, 11) is 0. The first-order valence-electron chi connectivity index (χ1n) is 8.03. The molecule has 0 radical (unpaired) electrons. The van der Waals surface area contributed by atoms with Crippen LogP contribution in [0.25, 0.3) is 0 Å². The first-order chi connectivity index (χ1) is 10.6. The van der Waals surface area contributed by atoms with Crippen molar-refractivity contribution in [3.63, 3.8) is 0 Å². The van der Waals surface area contributed by atoms with Crippen LogP contribution in [-0.2, 0) is 6.54 Å². The Morgan fingerprint density at radius 2 is 2.18 bits per heavy atom. The van der Waals surface area contributed by atoms with Gasteiger partial charge < -0.3 is 15.3 Å².